The van der Waals surface area contributed by atoms with Crippen molar-refractivity contribution in [3.05, 3.63) is 34.9 Å². The summed E-state index contributed by atoms with van der Waals surface area (Å²) in [6.45, 7) is 8.21. The van der Waals surface area contributed by atoms with Crippen LogP contribution in [0.25, 0.3) is 0 Å². The van der Waals surface area contributed by atoms with Crippen LogP contribution in [0.15, 0.2) is 24.3 Å². The first-order valence-corrected chi connectivity index (χ1v) is 7.79. The molecule has 0 amide bonds. The molecule has 0 aromatic heterocycles. The standard InChI is InChI=1S/C16H25ClN2/c1-14-7-11-19(12-8-14)10-2-9-18-13-15-3-5-16(17)6-4-15/h3-6,14,18H,2,7-13H2,1H3. The highest BCUT2D eigenvalue weighted by Gasteiger charge is 2.14. The van der Waals surface area contributed by atoms with Crippen molar-refractivity contribution < 1.29 is 0 Å². The van der Waals surface area contributed by atoms with Gasteiger partial charge >= 0.3 is 0 Å². The third-order valence-corrected chi connectivity index (χ3v) is 4.20. The molecule has 106 valence electrons. The van der Waals surface area contributed by atoms with Crippen LogP contribution < -0.4 is 5.32 Å². The first kappa shape index (κ1) is 14.8. The molecule has 2 rings (SSSR count). The van der Waals surface area contributed by atoms with Gasteiger partial charge in [-0.2, -0.15) is 0 Å². The Bertz CT molecular complexity index is 356. The maximum Gasteiger partial charge on any atom is 0.0406 e. The number of likely N-dealkylation sites (tertiary alicyclic amines) is 1. The number of hydrogen-bond acceptors (Lipinski definition) is 2. The highest BCUT2D eigenvalue weighted by molar-refractivity contribution is 6.30. The van der Waals surface area contributed by atoms with Crippen molar-refractivity contribution in [2.45, 2.75) is 32.7 Å². The van der Waals surface area contributed by atoms with Gasteiger partial charge in [-0.1, -0.05) is 30.7 Å². The van der Waals surface area contributed by atoms with Gasteiger partial charge in [0.25, 0.3) is 0 Å². The fraction of sp³-hybridized carbons (Fsp3) is 0.625. The number of benzene rings is 1. The number of nitrogens with one attached hydrogen (secondary N) is 1. The zero-order valence-corrected chi connectivity index (χ0v) is 12.6. The molecule has 1 saturated heterocycles. The highest BCUT2D eigenvalue weighted by atomic mass is 35.5. The summed E-state index contributed by atoms with van der Waals surface area (Å²) < 4.78 is 0. The summed E-state index contributed by atoms with van der Waals surface area (Å²) in [5.41, 5.74) is 1.30. The number of piperidine rings is 1. The van der Waals surface area contributed by atoms with E-state index in [4.69, 9.17) is 11.6 Å². The van der Waals surface area contributed by atoms with Crippen LogP contribution in [0.2, 0.25) is 5.02 Å². The Morgan fingerprint density at radius 3 is 2.58 bits per heavy atom. The lowest BCUT2D eigenvalue weighted by molar-refractivity contribution is 0.190. The topological polar surface area (TPSA) is 15.3 Å². The number of rotatable bonds is 6. The van der Waals surface area contributed by atoms with Crippen molar-refractivity contribution >= 4 is 11.6 Å². The fourth-order valence-electron chi connectivity index (χ4n) is 2.55. The molecule has 19 heavy (non-hydrogen) atoms. The molecule has 2 nitrogen and oxygen atoms in total. The third kappa shape index (κ3) is 5.52. The Balaban J connectivity index is 1.53. The van der Waals surface area contributed by atoms with Gasteiger partial charge in [0.2, 0.25) is 0 Å². The van der Waals surface area contributed by atoms with Crippen molar-refractivity contribution in [3.8, 4) is 0 Å². The Morgan fingerprint density at radius 2 is 1.89 bits per heavy atom. The Hall–Kier alpha value is -0.570. The largest absolute Gasteiger partial charge is 0.313 e. The average molecular weight is 281 g/mol. The van der Waals surface area contributed by atoms with E-state index in [-0.39, 0.29) is 0 Å². The lowest BCUT2D eigenvalue weighted by Gasteiger charge is -2.30. The predicted molar refractivity (Wildman–Crippen MR) is 82.6 cm³/mol. The fourth-order valence-corrected chi connectivity index (χ4v) is 2.67. The van der Waals surface area contributed by atoms with E-state index in [1.165, 1.54) is 44.5 Å². The van der Waals surface area contributed by atoms with E-state index in [0.29, 0.717) is 0 Å². The molecule has 1 aromatic carbocycles. The van der Waals surface area contributed by atoms with Gasteiger partial charge in [0, 0.05) is 11.6 Å². The first-order valence-electron chi connectivity index (χ1n) is 7.41. The van der Waals surface area contributed by atoms with Crippen LogP contribution >= 0.6 is 11.6 Å². The van der Waals surface area contributed by atoms with Gasteiger partial charge in [0.15, 0.2) is 0 Å². The summed E-state index contributed by atoms with van der Waals surface area (Å²) >= 11 is 5.87. The Kier molecular flexibility index (Phi) is 6.15. The van der Waals surface area contributed by atoms with E-state index in [9.17, 15) is 0 Å². The highest BCUT2D eigenvalue weighted by Crippen LogP contribution is 2.15. The SMILES string of the molecule is CC1CCN(CCCNCc2ccc(Cl)cc2)CC1. The van der Waals surface area contributed by atoms with E-state index < -0.39 is 0 Å². The molecule has 0 atom stereocenters. The minimum atomic E-state index is 0.808. The van der Waals surface area contributed by atoms with Gasteiger partial charge < -0.3 is 10.2 Å². The quantitative estimate of drug-likeness (QED) is 0.802. The van der Waals surface area contributed by atoms with Crippen LogP contribution in [0.3, 0.4) is 0 Å². The zero-order valence-electron chi connectivity index (χ0n) is 11.9. The van der Waals surface area contributed by atoms with Crippen LogP contribution in [0, 0.1) is 5.92 Å². The monoisotopic (exact) mass is 280 g/mol. The smallest absolute Gasteiger partial charge is 0.0406 e. The summed E-state index contributed by atoms with van der Waals surface area (Å²) in [6, 6.07) is 8.07. The van der Waals surface area contributed by atoms with Crippen LogP contribution in [-0.4, -0.2) is 31.1 Å². The van der Waals surface area contributed by atoms with E-state index in [2.05, 4.69) is 29.3 Å². The van der Waals surface area contributed by atoms with Crippen molar-refractivity contribution in [2.24, 2.45) is 5.92 Å². The van der Waals surface area contributed by atoms with Gasteiger partial charge in [-0.05, 0) is 69.1 Å². The van der Waals surface area contributed by atoms with Crippen molar-refractivity contribution in [1.29, 1.82) is 0 Å². The lowest BCUT2D eigenvalue weighted by Crippen LogP contribution is -2.34. The second kappa shape index (κ2) is 7.88. The molecule has 1 aliphatic heterocycles. The predicted octanol–water partition coefficient (Wildman–Crippen LogP) is 3.55. The minimum Gasteiger partial charge on any atom is -0.313 e. The van der Waals surface area contributed by atoms with Gasteiger partial charge in [-0.15, -0.1) is 0 Å². The van der Waals surface area contributed by atoms with Crippen LogP contribution in [-0.2, 0) is 6.54 Å². The number of nitrogens with zero attached hydrogens (tertiary/aromatic N) is 1. The number of halogens is 1. The summed E-state index contributed by atoms with van der Waals surface area (Å²) in [5, 5.41) is 4.31. The first-order chi connectivity index (χ1) is 9.24. The molecule has 0 radical (unpaired) electrons. The Morgan fingerprint density at radius 1 is 1.21 bits per heavy atom. The molecule has 1 aromatic rings. The molecular weight excluding hydrogens is 256 g/mol. The molecule has 1 heterocycles. The van der Waals surface area contributed by atoms with Crippen molar-refractivity contribution in [2.75, 3.05) is 26.2 Å². The third-order valence-electron chi connectivity index (χ3n) is 3.95. The summed E-state index contributed by atoms with van der Waals surface area (Å²) in [6.07, 6.45) is 3.98. The average Bonchev–Trinajstić information content (AvgIpc) is 2.43. The van der Waals surface area contributed by atoms with E-state index in [1.807, 2.05) is 12.1 Å². The van der Waals surface area contributed by atoms with E-state index in [0.717, 1.165) is 24.0 Å². The second-order valence-corrected chi connectivity index (χ2v) is 6.12. The maximum absolute atomic E-state index is 5.87. The van der Waals surface area contributed by atoms with E-state index >= 15 is 0 Å². The van der Waals surface area contributed by atoms with Crippen molar-refractivity contribution in [3.63, 3.8) is 0 Å². The van der Waals surface area contributed by atoms with Gasteiger partial charge in [-0.25, -0.2) is 0 Å². The normalized spacial score (nSPS) is 17.8. The molecule has 0 saturated carbocycles. The molecule has 0 aliphatic carbocycles. The van der Waals surface area contributed by atoms with Gasteiger partial charge in [0.05, 0.1) is 0 Å². The molecule has 0 bridgehead atoms. The zero-order chi connectivity index (χ0) is 13.5. The summed E-state index contributed by atoms with van der Waals surface area (Å²) in [7, 11) is 0. The van der Waals surface area contributed by atoms with Crippen molar-refractivity contribution in [1.82, 2.24) is 10.2 Å². The molecule has 0 spiro atoms. The Labute approximate surface area is 122 Å². The van der Waals surface area contributed by atoms with Crippen LogP contribution in [0.4, 0.5) is 0 Å². The second-order valence-electron chi connectivity index (χ2n) is 5.68. The molecule has 1 N–H and O–H groups in total. The number of hydrogen-bond donors (Lipinski definition) is 1. The maximum atomic E-state index is 5.87. The lowest BCUT2D eigenvalue weighted by atomic mass is 9.99. The van der Waals surface area contributed by atoms with Gasteiger partial charge in [0.1, 0.15) is 0 Å². The molecule has 1 aliphatic rings. The molecule has 1 fully saturated rings. The molecule has 3 heteroatoms. The van der Waals surface area contributed by atoms with Crippen LogP contribution in [0.1, 0.15) is 31.7 Å². The van der Waals surface area contributed by atoms with E-state index in [1.54, 1.807) is 0 Å². The molecule has 0 unspecified atom stereocenters. The molecular formula is C16H25ClN2. The van der Waals surface area contributed by atoms with Gasteiger partial charge in [-0.3, -0.25) is 0 Å². The summed E-state index contributed by atoms with van der Waals surface area (Å²) in [5.74, 6) is 0.930. The minimum absolute atomic E-state index is 0.808. The van der Waals surface area contributed by atoms with Crippen LogP contribution in [0.5, 0.6) is 0 Å². The summed E-state index contributed by atoms with van der Waals surface area (Å²) in [4.78, 5) is 2.60.